The fourth-order valence-electron chi connectivity index (χ4n) is 3.81. The minimum absolute atomic E-state index is 0.124. The molecule has 2 heterocycles. The fourth-order valence-corrected chi connectivity index (χ4v) is 3.81. The number of nitrogens with zero attached hydrogens (tertiary/aromatic N) is 4. The van der Waals surface area contributed by atoms with Crippen molar-refractivity contribution in [2.24, 2.45) is 0 Å². The molecule has 0 spiro atoms. The second-order valence-electron chi connectivity index (χ2n) is 7.90. The van der Waals surface area contributed by atoms with Crippen molar-refractivity contribution in [1.29, 1.82) is 0 Å². The summed E-state index contributed by atoms with van der Waals surface area (Å²) in [5.41, 5.74) is 1.50. The first kappa shape index (κ1) is 23.2. The van der Waals surface area contributed by atoms with E-state index in [9.17, 15) is 14.0 Å². The number of aromatic nitrogens is 3. The van der Waals surface area contributed by atoms with Crippen LogP contribution in [-0.2, 0) is 22.7 Å². The summed E-state index contributed by atoms with van der Waals surface area (Å²) < 4.78 is 21.7. The average molecular weight is 464 g/mol. The molecule has 0 aliphatic heterocycles. The number of furan rings is 1. The number of benzene rings is 2. The Hall–Kier alpha value is -4.01. The lowest BCUT2D eigenvalue weighted by Crippen LogP contribution is -2.45. The van der Waals surface area contributed by atoms with Gasteiger partial charge in [0.1, 0.15) is 29.7 Å². The SMILES string of the molecule is CCCCN(C(=O)Cn1nnc2ccccc21)C(C(=O)NCc1ccco1)c1ccccc1F. The molecule has 0 aliphatic rings. The first-order chi connectivity index (χ1) is 16.6. The van der Waals surface area contributed by atoms with Gasteiger partial charge in [0.05, 0.1) is 18.3 Å². The topological polar surface area (TPSA) is 93.3 Å². The molecular formula is C25H26FN5O3. The molecule has 0 radical (unpaired) electrons. The van der Waals surface area contributed by atoms with Crippen LogP contribution in [-0.4, -0.2) is 38.3 Å². The fraction of sp³-hybridized carbons (Fsp3) is 0.280. The predicted molar refractivity (Wildman–Crippen MR) is 124 cm³/mol. The Labute approximate surface area is 196 Å². The third-order valence-corrected chi connectivity index (χ3v) is 5.55. The van der Waals surface area contributed by atoms with Crippen molar-refractivity contribution >= 4 is 22.8 Å². The molecule has 9 heteroatoms. The van der Waals surface area contributed by atoms with Crippen LogP contribution in [0.2, 0.25) is 0 Å². The number of para-hydroxylation sites is 1. The summed E-state index contributed by atoms with van der Waals surface area (Å²) in [5, 5.41) is 11.0. The molecule has 176 valence electrons. The summed E-state index contributed by atoms with van der Waals surface area (Å²) in [6, 6.07) is 15.6. The van der Waals surface area contributed by atoms with E-state index in [0.717, 1.165) is 6.42 Å². The number of hydrogen-bond acceptors (Lipinski definition) is 5. The zero-order chi connectivity index (χ0) is 23.9. The molecule has 2 amide bonds. The maximum atomic E-state index is 14.9. The van der Waals surface area contributed by atoms with Crippen molar-refractivity contribution in [2.75, 3.05) is 6.54 Å². The highest BCUT2D eigenvalue weighted by atomic mass is 19.1. The van der Waals surface area contributed by atoms with E-state index in [1.807, 2.05) is 31.2 Å². The summed E-state index contributed by atoms with van der Waals surface area (Å²) in [6.45, 7) is 2.28. The van der Waals surface area contributed by atoms with Gasteiger partial charge in [0.25, 0.3) is 0 Å². The molecule has 1 N–H and O–H groups in total. The Bertz CT molecular complexity index is 1250. The largest absolute Gasteiger partial charge is 0.467 e. The number of fused-ring (bicyclic) bond motifs is 1. The Kier molecular flexibility index (Phi) is 7.31. The third kappa shape index (κ3) is 5.14. The molecule has 8 nitrogen and oxygen atoms in total. The number of halogens is 1. The summed E-state index contributed by atoms with van der Waals surface area (Å²) >= 11 is 0. The van der Waals surface area contributed by atoms with Crippen LogP contribution >= 0.6 is 0 Å². The van der Waals surface area contributed by atoms with Crippen molar-refractivity contribution in [3.63, 3.8) is 0 Å². The zero-order valence-corrected chi connectivity index (χ0v) is 18.9. The number of carbonyl (C=O) groups excluding carboxylic acids is 2. The van der Waals surface area contributed by atoms with Gasteiger partial charge in [-0.3, -0.25) is 9.59 Å². The summed E-state index contributed by atoms with van der Waals surface area (Å²) in [4.78, 5) is 28.3. The number of amides is 2. The Balaban J connectivity index is 1.65. The molecule has 4 aromatic rings. The highest BCUT2D eigenvalue weighted by Gasteiger charge is 2.33. The van der Waals surface area contributed by atoms with Crippen LogP contribution < -0.4 is 5.32 Å². The van der Waals surface area contributed by atoms with Crippen LogP contribution in [0.3, 0.4) is 0 Å². The summed E-state index contributed by atoms with van der Waals surface area (Å²) in [6.07, 6.45) is 2.96. The molecule has 2 aromatic carbocycles. The Morgan fingerprint density at radius 1 is 1.12 bits per heavy atom. The van der Waals surface area contributed by atoms with E-state index in [-0.39, 0.29) is 31.1 Å². The van der Waals surface area contributed by atoms with Crippen LogP contribution in [0.5, 0.6) is 0 Å². The van der Waals surface area contributed by atoms with E-state index in [0.29, 0.717) is 23.2 Å². The molecule has 0 bridgehead atoms. The molecule has 34 heavy (non-hydrogen) atoms. The van der Waals surface area contributed by atoms with Crippen LogP contribution in [0.1, 0.15) is 37.1 Å². The van der Waals surface area contributed by atoms with Crippen LogP contribution in [0.15, 0.2) is 71.3 Å². The standard InChI is InChI=1S/C25H26FN5O3/c1-2-3-14-30(23(32)17-31-22-13-7-6-12-21(22)28-29-31)24(19-10-4-5-11-20(19)26)25(33)27-16-18-9-8-15-34-18/h4-13,15,24H,2-3,14,16-17H2,1H3,(H,27,33). The molecule has 0 saturated carbocycles. The summed E-state index contributed by atoms with van der Waals surface area (Å²) in [5.74, 6) is -0.845. The van der Waals surface area contributed by atoms with Crippen molar-refractivity contribution < 1.29 is 18.4 Å². The highest BCUT2D eigenvalue weighted by molar-refractivity contribution is 5.89. The average Bonchev–Trinajstić information content (AvgIpc) is 3.51. The smallest absolute Gasteiger partial charge is 0.247 e. The van der Waals surface area contributed by atoms with Crippen LogP contribution in [0, 0.1) is 5.82 Å². The van der Waals surface area contributed by atoms with Gasteiger partial charge in [-0.25, -0.2) is 9.07 Å². The molecule has 0 fully saturated rings. The quantitative estimate of drug-likeness (QED) is 0.386. The molecule has 2 aromatic heterocycles. The van der Waals surface area contributed by atoms with Crippen molar-refractivity contribution in [1.82, 2.24) is 25.2 Å². The lowest BCUT2D eigenvalue weighted by molar-refractivity contribution is -0.141. The van der Waals surface area contributed by atoms with Gasteiger partial charge in [0.15, 0.2) is 0 Å². The van der Waals surface area contributed by atoms with E-state index in [1.165, 1.54) is 28.0 Å². The van der Waals surface area contributed by atoms with Gasteiger partial charge in [0.2, 0.25) is 11.8 Å². The lowest BCUT2D eigenvalue weighted by atomic mass is 10.0. The van der Waals surface area contributed by atoms with Crippen LogP contribution in [0.4, 0.5) is 4.39 Å². The predicted octanol–water partition coefficient (Wildman–Crippen LogP) is 3.85. The van der Waals surface area contributed by atoms with E-state index in [4.69, 9.17) is 4.42 Å². The lowest BCUT2D eigenvalue weighted by Gasteiger charge is -2.31. The van der Waals surface area contributed by atoms with E-state index >= 15 is 0 Å². The number of unbranched alkanes of at least 4 members (excludes halogenated alkanes) is 1. The van der Waals surface area contributed by atoms with E-state index in [2.05, 4.69) is 15.6 Å². The first-order valence-electron chi connectivity index (χ1n) is 11.2. The molecular weight excluding hydrogens is 437 g/mol. The van der Waals surface area contributed by atoms with Crippen molar-refractivity contribution in [3.05, 3.63) is 84.1 Å². The molecule has 1 atom stereocenters. The molecule has 0 aliphatic carbocycles. The second-order valence-corrected chi connectivity index (χ2v) is 7.90. The van der Waals surface area contributed by atoms with Gasteiger partial charge in [-0.2, -0.15) is 0 Å². The molecule has 0 saturated heterocycles. The minimum atomic E-state index is -1.15. The number of hydrogen-bond donors (Lipinski definition) is 1. The van der Waals surface area contributed by atoms with E-state index < -0.39 is 17.8 Å². The minimum Gasteiger partial charge on any atom is -0.467 e. The maximum Gasteiger partial charge on any atom is 0.247 e. The van der Waals surface area contributed by atoms with Gasteiger partial charge in [0, 0.05) is 12.1 Å². The van der Waals surface area contributed by atoms with Crippen LogP contribution in [0.25, 0.3) is 11.0 Å². The van der Waals surface area contributed by atoms with Gasteiger partial charge in [-0.05, 0) is 36.8 Å². The van der Waals surface area contributed by atoms with Gasteiger partial charge in [-0.1, -0.05) is 48.9 Å². The zero-order valence-electron chi connectivity index (χ0n) is 18.9. The van der Waals surface area contributed by atoms with Gasteiger partial charge < -0.3 is 14.6 Å². The summed E-state index contributed by atoms with van der Waals surface area (Å²) in [7, 11) is 0. The number of carbonyl (C=O) groups is 2. The Morgan fingerprint density at radius 2 is 1.91 bits per heavy atom. The Morgan fingerprint density at radius 3 is 2.68 bits per heavy atom. The van der Waals surface area contributed by atoms with Gasteiger partial charge in [-0.15, -0.1) is 5.10 Å². The third-order valence-electron chi connectivity index (χ3n) is 5.55. The monoisotopic (exact) mass is 463 g/mol. The second kappa shape index (κ2) is 10.7. The van der Waals surface area contributed by atoms with Crippen molar-refractivity contribution in [3.8, 4) is 0 Å². The van der Waals surface area contributed by atoms with E-state index in [1.54, 1.807) is 24.3 Å². The number of nitrogens with one attached hydrogen (secondary N) is 1. The van der Waals surface area contributed by atoms with Crippen molar-refractivity contribution in [2.45, 2.75) is 38.9 Å². The maximum absolute atomic E-state index is 14.9. The highest BCUT2D eigenvalue weighted by Crippen LogP contribution is 2.25. The first-order valence-corrected chi connectivity index (χ1v) is 11.2. The normalized spacial score (nSPS) is 11.9. The molecule has 1 unspecified atom stereocenters. The number of rotatable bonds is 10. The molecule has 4 rings (SSSR count). The van der Waals surface area contributed by atoms with Gasteiger partial charge >= 0.3 is 0 Å².